The molecule has 0 radical (unpaired) electrons. The maximum absolute atomic E-state index is 5.82. The molecule has 0 fully saturated rings. The topological polar surface area (TPSA) is 47.0 Å². The van der Waals surface area contributed by atoms with Crippen LogP contribution in [0.2, 0.25) is 0 Å². The Kier molecular flexibility index (Phi) is 4.96. The van der Waals surface area contributed by atoms with Crippen LogP contribution < -0.4 is 10.1 Å². The summed E-state index contributed by atoms with van der Waals surface area (Å²) < 4.78 is 5.82. The lowest BCUT2D eigenvalue weighted by Crippen LogP contribution is -2.21. The molecule has 0 atom stereocenters. The number of nitrogens with one attached hydrogen (secondary N) is 1. The molecule has 1 aromatic carbocycles. The number of ether oxygens (including phenoxy) is 1. The van der Waals surface area contributed by atoms with E-state index in [1.54, 1.807) is 0 Å². The Hall–Kier alpha value is -1.46. The predicted octanol–water partition coefficient (Wildman–Crippen LogP) is 4.13. The first-order valence-corrected chi connectivity index (χ1v) is 8.00. The predicted molar refractivity (Wildman–Crippen MR) is 87.1 cm³/mol. The molecule has 2 aromatic rings. The molecule has 1 N–H and O–H groups in total. The van der Waals surface area contributed by atoms with Gasteiger partial charge in [0.25, 0.3) is 5.19 Å². The second-order valence-electron chi connectivity index (χ2n) is 6.38. The number of nitrogens with zero attached hydrogens (tertiary/aromatic N) is 2. The number of aromatic nitrogens is 2. The summed E-state index contributed by atoms with van der Waals surface area (Å²) in [6, 6.07) is 8.57. The van der Waals surface area contributed by atoms with E-state index in [-0.39, 0.29) is 5.41 Å². The average molecular weight is 305 g/mol. The van der Waals surface area contributed by atoms with Gasteiger partial charge in [-0.1, -0.05) is 63.2 Å². The van der Waals surface area contributed by atoms with E-state index in [0.29, 0.717) is 11.2 Å². The van der Waals surface area contributed by atoms with Gasteiger partial charge in [-0.3, -0.25) is 0 Å². The standard InChI is InChI=1S/C16H23N3OS/c1-11(2)17-10-14-18-19-15(21-14)20-13-8-6-7-12(9-13)16(3,4)5/h6-9,11,17H,10H2,1-5H3. The Morgan fingerprint density at radius 2 is 2.00 bits per heavy atom. The highest BCUT2D eigenvalue weighted by Crippen LogP contribution is 2.29. The molecule has 0 aliphatic carbocycles. The zero-order valence-electron chi connectivity index (χ0n) is 13.3. The molecule has 4 nitrogen and oxygen atoms in total. The molecular formula is C16H23N3OS. The summed E-state index contributed by atoms with van der Waals surface area (Å²) in [5.41, 5.74) is 1.35. The quantitative estimate of drug-likeness (QED) is 0.902. The summed E-state index contributed by atoms with van der Waals surface area (Å²) in [5, 5.41) is 13.1. The largest absolute Gasteiger partial charge is 0.430 e. The van der Waals surface area contributed by atoms with E-state index in [9.17, 15) is 0 Å². The van der Waals surface area contributed by atoms with Crippen LogP contribution in [0.3, 0.4) is 0 Å². The van der Waals surface area contributed by atoms with Crippen LogP contribution in [-0.4, -0.2) is 16.2 Å². The van der Waals surface area contributed by atoms with E-state index >= 15 is 0 Å². The summed E-state index contributed by atoms with van der Waals surface area (Å²) in [6.45, 7) is 11.5. The number of rotatable bonds is 5. The lowest BCUT2D eigenvalue weighted by molar-refractivity contribution is 0.469. The second kappa shape index (κ2) is 6.54. The lowest BCUT2D eigenvalue weighted by atomic mass is 9.87. The van der Waals surface area contributed by atoms with Crippen molar-refractivity contribution in [2.24, 2.45) is 0 Å². The van der Waals surface area contributed by atoms with Crippen LogP contribution in [0, 0.1) is 0 Å². The van der Waals surface area contributed by atoms with Crippen molar-refractivity contribution in [1.82, 2.24) is 15.5 Å². The van der Waals surface area contributed by atoms with E-state index in [2.05, 4.69) is 62.3 Å². The molecule has 0 saturated carbocycles. The van der Waals surface area contributed by atoms with Gasteiger partial charge in [0.2, 0.25) is 0 Å². The van der Waals surface area contributed by atoms with Crippen LogP contribution in [0.15, 0.2) is 24.3 Å². The maximum Gasteiger partial charge on any atom is 0.299 e. The molecule has 0 bridgehead atoms. The fourth-order valence-electron chi connectivity index (χ4n) is 1.77. The van der Waals surface area contributed by atoms with E-state index in [0.717, 1.165) is 17.3 Å². The molecule has 0 spiro atoms. The molecule has 0 saturated heterocycles. The summed E-state index contributed by atoms with van der Waals surface area (Å²) in [7, 11) is 0. The molecule has 0 amide bonds. The summed E-state index contributed by atoms with van der Waals surface area (Å²) in [5.74, 6) is 0.807. The van der Waals surface area contributed by atoms with Crippen molar-refractivity contribution in [2.75, 3.05) is 0 Å². The van der Waals surface area contributed by atoms with Crippen molar-refractivity contribution in [3.05, 3.63) is 34.8 Å². The van der Waals surface area contributed by atoms with Gasteiger partial charge in [-0.25, -0.2) is 0 Å². The van der Waals surface area contributed by atoms with Gasteiger partial charge in [-0.05, 0) is 23.1 Å². The highest BCUT2D eigenvalue weighted by atomic mass is 32.1. The van der Waals surface area contributed by atoms with Gasteiger partial charge >= 0.3 is 0 Å². The van der Waals surface area contributed by atoms with Crippen LogP contribution in [0.1, 0.15) is 45.2 Å². The van der Waals surface area contributed by atoms with Crippen molar-refractivity contribution in [3.63, 3.8) is 0 Å². The van der Waals surface area contributed by atoms with Gasteiger partial charge < -0.3 is 10.1 Å². The zero-order chi connectivity index (χ0) is 15.5. The van der Waals surface area contributed by atoms with Gasteiger partial charge in [0.1, 0.15) is 10.8 Å². The monoisotopic (exact) mass is 305 g/mol. The summed E-state index contributed by atoms with van der Waals surface area (Å²) in [6.07, 6.45) is 0. The number of hydrogen-bond acceptors (Lipinski definition) is 5. The Morgan fingerprint density at radius 3 is 2.67 bits per heavy atom. The molecule has 0 unspecified atom stereocenters. The summed E-state index contributed by atoms with van der Waals surface area (Å²) >= 11 is 1.48. The van der Waals surface area contributed by atoms with Crippen LogP contribution in [0.5, 0.6) is 10.9 Å². The zero-order valence-corrected chi connectivity index (χ0v) is 14.1. The van der Waals surface area contributed by atoms with Crippen LogP contribution in [0.4, 0.5) is 0 Å². The molecule has 5 heteroatoms. The number of benzene rings is 1. The SMILES string of the molecule is CC(C)NCc1nnc(Oc2cccc(C(C)(C)C)c2)s1. The highest BCUT2D eigenvalue weighted by molar-refractivity contribution is 7.13. The fraction of sp³-hybridized carbons (Fsp3) is 0.500. The molecular weight excluding hydrogens is 282 g/mol. The minimum Gasteiger partial charge on any atom is -0.430 e. The van der Waals surface area contributed by atoms with Crippen molar-refractivity contribution in [1.29, 1.82) is 0 Å². The van der Waals surface area contributed by atoms with E-state index < -0.39 is 0 Å². The fourth-order valence-corrected chi connectivity index (χ4v) is 2.43. The van der Waals surface area contributed by atoms with Gasteiger partial charge in [0, 0.05) is 6.04 Å². The van der Waals surface area contributed by atoms with Gasteiger partial charge in [-0.2, -0.15) is 0 Å². The van der Waals surface area contributed by atoms with Gasteiger partial charge in [0.15, 0.2) is 0 Å². The Morgan fingerprint density at radius 1 is 1.24 bits per heavy atom. The minimum atomic E-state index is 0.104. The van der Waals surface area contributed by atoms with Gasteiger partial charge in [0.05, 0.1) is 6.54 Å². The molecule has 0 aliphatic rings. The molecule has 0 aliphatic heterocycles. The Balaban J connectivity index is 2.05. The molecule has 114 valence electrons. The van der Waals surface area contributed by atoms with E-state index in [1.807, 2.05) is 12.1 Å². The van der Waals surface area contributed by atoms with Crippen LogP contribution >= 0.6 is 11.3 Å². The van der Waals surface area contributed by atoms with Crippen molar-refractivity contribution in [3.8, 4) is 10.9 Å². The van der Waals surface area contributed by atoms with Crippen LogP contribution in [0.25, 0.3) is 0 Å². The van der Waals surface area contributed by atoms with E-state index in [4.69, 9.17) is 4.74 Å². The minimum absolute atomic E-state index is 0.104. The normalized spacial score (nSPS) is 11.9. The second-order valence-corrected chi connectivity index (χ2v) is 7.40. The van der Waals surface area contributed by atoms with Crippen molar-refractivity contribution >= 4 is 11.3 Å². The molecule has 21 heavy (non-hydrogen) atoms. The Labute approximate surface area is 130 Å². The van der Waals surface area contributed by atoms with Crippen LogP contribution in [-0.2, 0) is 12.0 Å². The third-order valence-electron chi connectivity index (χ3n) is 3.02. The van der Waals surface area contributed by atoms with Gasteiger partial charge in [-0.15, -0.1) is 5.10 Å². The molecule has 1 aromatic heterocycles. The molecule has 1 heterocycles. The van der Waals surface area contributed by atoms with Crippen molar-refractivity contribution < 1.29 is 4.74 Å². The first kappa shape index (κ1) is 15.9. The first-order valence-electron chi connectivity index (χ1n) is 7.19. The van der Waals surface area contributed by atoms with E-state index in [1.165, 1.54) is 16.9 Å². The molecule has 2 rings (SSSR count). The third kappa shape index (κ3) is 4.79. The highest BCUT2D eigenvalue weighted by Gasteiger charge is 2.14. The average Bonchev–Trinajstić information content (AvgIpc) is 2.83. The maximum atomic E-state index is 5.82. The lowest BCUT2D eigenvalue weighted by Gasteiger charge is -2.19. The van der Waals surface area contributed by atoms with Crippen molar-refractivity contribution in [2.45, 2.75) is 52.6 Å². The number of hydrogen-bond donors (Lipinski definition) is 1. The summed E-state index contributed by atoms with van der Waals surface area (Å²) in [4.78, 5) is 0. The smallest absolute Gasteiger partial charge is 0.299 e. The third-order valence-corrected chi connectivity index (χ3v) is 3.82. The Bertz CT molecular complexity index is 587. The first-order chi connectivity index (χ1) is 9.84.